The van der Waals surface area contributed by atoms with Crippen LogP contribution in [0.4, 0.5) is 0 Å². The maximum absolute atomic E-state index is 12.8. The van der Waals surface area contributed by atoms with Crippen molar-refractivity contribution in [2.45, 2.75) is 264 Å². The molecule has 0 fully saturated rings. The van der Waals surface area contributed by atoms with Gasteiger partial charge in [0.2, 0.25) is 0 Å². The fourth-order valence-corrected chi connectivity index (χ4v) is 7.85. The molecule has 0 N–H and O–H groups in total. The number of hydrogen-bond acceptors (Lipinski definition) is 6. The van der Waals surface area contributed by atoms with E-state index >= 15 is 0 Å². The van der Waals surface area contributed by atoms with E-state index in [-0.39, 0.29) is 31.1 Å². The number of unbranched alkanes of at least 4 members (excludes halogenated alkanes) is 21. The molecule has 0 aliphatic rings. The van der Waals surface area contributed by atoms with Crippen molar-refractivity contribution in [1.29, 1.82) is 0 Å². The lowest BCUT2D eigenvalue weighted by molar-refractivity contribution is -0.167. The molecule has 6 nitrogen and oxygen atoms in total. The van der Waals surface area contributed by atoms with E-state index in [0.29, 0.717) is 19.3 Å². The molecule has 0 heterocycles. The second-order valence-electron chi connectivity index (χ2n) is 19.1. The van der Waals surface area contributed by atoms with Crippen LogP contribution in [-0.4, -0.2) is 37.2 Å². The van der Waals surface area contributed by atoms with E-state index in [4.69, 9.17) is 14.2 Å². The molecule has 0 aromatic rings. The molecule has 0 spiro atoms. The van der Waals surface area contributed by atoms with Crippen LogP contribution in [0.15, 0.2) is 122 Å². The minimum Gasteiger partial charge on any atom is -0.462 e. The van der Waals surface area contributed by atoms with E-state index in [9.17, 15) is 14.4 Å². The monoisotopic (exact) mass is 997 g/mol. The standard InChI is InChI=1S/C66H108O6/c1-4-7-10-13-16-18-20-22-24-26-27-28-29-30-31-32-33-34-35-36-37-38-39-41-42-44-46-48-50-53-56-59-65(68)71-62-63(61-70-64(67)58-55-52-15-12-9-6-3)72-66(69)60-57-54-51-49-47-45-43-40-25-23-21-19-17-14-11-8-5-2/h7-8,10-11,16-19,22-25,27-28,30-31,33-34,36-37,63H,4-6,9,12-15,20-21,26,29,32,35,38-62H2,1-3H3/b10-7-,11-8-,18-16-,19-17-,24-22-,25-23-,28-27-,31-30-,34-33-,37-36-. The van der Waals surface area contributed by atoms with Gasteiger partial charge in [-0.3, -0.25) is 14.4 Å². The van der Waals surface area contributed by atoms with Crippen LogP contribution < -0.4 is 0 Å². The van der Waals surface area contributed by atoms with Crippen LogP contribution in [0.2, 0.25) is 0 Å². The normalized spacial score (nSPS) is 13.0. The predicted octanol–water partition coefficient (Wildman–Crippen LogP) is 20.0. The zero-order valence-electron chi connectivity index (χ0n) is 46.7. The van der Waals surface area contributed by atoms with Crippen LogP contribution in [-0.2, 0) is 28.6 Å². The van der Waals surface area contributed by atoms with Gasteiger partial charge in [-0.05, 0) is 109 Å². The van der Waals surface area contributed by atoms with Crippen molar-refractivity contribution < 1.29 is 28.6 Å². The van der Waals surface area contributed by atoms with Gasteiger partial charge in [0, 0.05) is 19.3 Å². The van der Waals surface area contributed by atoms with Gasteiger partial charge < -0.3 is 14.2 Å². The van der Waals surface area contributed by atoms with Gasteiger partial charge in [-0.25, -0.2) is 0 Å². The fraction of sp³-hybridized carbons (Fsp3) is 0.652. The Morgan fingerprint density at radius 1 is 0.292 bits per heavy atom. The van der Waals surface area contributed by atoms with Crippen molar-refractivity contribution in [2.24, 2.45) is 0 Å². The van der Waals surface area contributed by atoms with Gasteiger partial charge in [-0.15, -0.1) is 0 Å². The summed E-state index contributed by atoms with van der Waals surface area (Å²) < 4.78 is 16.7. The summed E-state index contributed by atoms with van der Waals surface area (Å²) in [5.41, 5.74) is 0. The molecule has 0 aliphatic carbocycles. The van der Waals surface area contributed by atoms with Gasteiger partial charge in [0.05, 0.1) is 0 Å². The molecule has 0 rings (SSSR count). The van der Waals surface area contributed by atoms with Crippen molar-refractivity contribution in [2.75, 3.05) is 13.2 Å². The van der Waals surface area contributed by atoms with Crippen LogP contribution in [0.3, 0.4) is 0 Å². The first-order valence-corrected chi connectivity index (χ1v) is 29.5. The lowest BCUT2D eigenvalue weighted by atomic mass is 10.1. The van der Waals surface area contributed by atoms with Crippen molar-refractivity contribution in [3.63, 3.8) is 0 Å². The molecular weight excluding hydrogens is 889 g/mol. The molecule has 0 amide bonds. The van der Waals surface area contributed by atoms with E-state index in [1.807, 2.05) is 0 Å². The van der Waals surface area contributed by atoms with Crippen molar-refractivity contribution >= 4 is 17.9 Å². The van der Waals surface area contributed by atoms with Gasteiger partial charge in [0.25, 0.3) is 0 Å². The van der Waals surface area contributed by atoms with Gasteiger partial charge >= 0.3 is 17.9 Å². The molecule has 0 aromatic carbocycles. The Bertz CT molecular complexity index is 1520. The highest BCUT2D eigenvalue weighted by Gasteiger charge is 2.19. The topological polar surface area (TPSA) is 78.9 Å². The van der Waals surface area contributed by atoms with Crippen LogP contribution >= 0.6 is 0 Å². The number of ether oxygens (including phenoxy) is 3. The Kier molecular flexibility index (Phi) is 55.9. The van der Waals surface area contributed by atoms with E-state index in [0.717, 1.165) is 135 Å². The molecule has 0 radical (unpaired) electrons. The molecule has 1 unspecified atom stereocenters. The fourth-order valence-electron chi connectivity index (χ4n) is 7.85. The average molecular weight is 998 g/mol. The lowest BCUT2D eigenvalue weighted by Crippen LogP contribution is -2.30. The summed E-state index contributed by atoms with van der Waals surface area (Å²) in [5.74, 6) is -0.913. The van der Waals surface area contributed by atoms with Crippen LogP contribution in [0, 0.1) is 0 Å². The van der Waals surface area contributed by atoms with Crippen molar-refractivity contribution in [3.8, 4) is 0 Å². The van der Waals surface area contributed by atoms with Crippen molar-refractivity contribution in [3.05, 3.63) is 122 Å². The molecule has 0 bridgehead atoms. The number of rotatable bonds is 52. The quantitative estimate of drug-likeness (QED) is 0.0261. The first kappa shape index (κ1) is 67.8. The average Bonchev–Trinajstić information content (AvgIpc) is 3.38. The summed E-state index contributed by atoms with van der Waals surface area (Å²) in [6.45, 7) is 6.34. The molecule has 0 saturated heterocycles. The summed E-state index contributed by atoms with van der Waals surface area (Å²) in [4.78, 5) is 37.9. The third-order valence-corrected chi connectivity index (χ3v) is 12.2. The minimum atomic E-state index is -0.785. The largest absolute Gasteiger partial charge is 0.462 e. The highest BCUT2D eigenvalue weighted by Crippen LogP contribution is 2.15. The second-order valence-corrected chi connectivity index (χ2v) is 19.1. The number of esters is 3. The summed E-state index contributed by atoms with van der Waals surface area (Å²) >= 11 is 0. The van der Waals surface area contributed by atoms with Crippen molar-refractivity contribution in [1.82, 2.24) is 0 Å². The zero-order valence-corrected chi connectivity index (χ0v) is 46.7. The van der Waals surface area contributed by atoms with Gasteiger partial charge in [0.15, 0.2) is 6.10 Å². The first-order valence-electron chi connectivity index (χ1n) is 29.5. The Morgan fingerprint density at radius 3 is 0.847 bits per heavy atom. The van der Waals surface area contributed by atoms with Gasteiger partial charge in [0.1, 0.15) is 13.2 Å². The maximum atomic E-state index is 12.8. The Hall–Kier alpha value is -4.19. The Balaban J connectivity index is 4.13. The second kappa shape index (κ2) is 59.4. The SMILES string of the molecule is CC/C=C\C/C=C\C/C=C\C/C=C\C/C=C\C/C=C\C/C=C\CCCCCCCCCCCC(=O)OCC(COC(=O)CCCCCCCC)OC(=O)CCCCCCCCC/C=C\C/C=C\C/C=C\CC. The van der Waals surface area contributed by atoms with Gasteiger partial charge in [-0.1, -0.05) is 251 Å². The Morgan fingerprint density at radius 2 is 0.542 bits per heavy atom. The van der Waals surface area contributed by atoms with E-state index in [1.165, 1.54) is 83.5 Å². The number of carbonyl (C=O) groups is 3. The third-order valence-electron chi connectivity index (χ3n) is 12.2. The Labute approximate surface area is 443 Å². The molecular formula is C66H108O6. The lowest BCUT2D eigenvalue weighted by Gasteiger charge is -2.18. The van der Waals surface area contributed by atoms with Crippen LogP contribution in [0.1, 0.15) is 258 Å². The molecule has 6 heteroatoms. The highest BCUT2D eigenvalue weighted by atomic mass is 16.6. The van der Waals surface area contributed by atoms with Gasteiger partial charge in [-0.2, -0.15) is 0 Å². The summed E-state index contributed by atoms with van der Waals surface area (Å²) in [6.07, 6.45) is 82.3. The van der Waals surface area contributed by atoms with Crippen LogP contribution in [0.5, 0.6) is 0 Å². The number of allylic oxidation sites excluding steroid dienone is 20. The molecule has 408 valence electrons. The highest BCUT2D eigenvalue weighted by molar-refractivity contribution is 5.71. The molecule has 0 aliphatic heterocycles. The summed E-state index contributed by atoms with van der Waals surface area (Å²) in [5, 5.41) is 0. The molecule has 1 atom stereocenters. The summed E-state index contributed by atoms with van der Waals surface area (Å²) in [6, 6.07) is 0. The van der Waals surface area contributed by atoms with E-state index in [1.54, 1.807) is 0 Å². The zero-order chi connectivity index (χ0) is 52.2. The van der Waals surface area contributed by atoms with E-state index < -0.39 is 6.10 Å². The molecule has 0 aromatic heterocycles. The number of carbonyl (C=O) groups excluding carboxylic acids is 3. The molecule has 72 heavy (non-hydrogen) atoms. The van der Waals surface area contributed by atoms with Crippen LogP contribution in [0.25, 0.3) is 0 Å². The predicted molar refractivity (Wildman–Crippen MR) is 311 cm³/mol. The molecule has 0 saturated carbocycles. The van der Waals surface area contributed by atoms with E-state index in [2.05, 4.69) is 142 Å². The third kappa shape index (κ3) is 56.7. The summed E-state index contributed by atoms with van der Waals surface area (Å²) in [7, 11) is 0. The maximum Gasteiger partial charge on any atom is 0.306 e. The smallest absolute Gasteiger partial charge is 0.306 e. The minimum absolute atomic E-state index is 0.0853. The number of hydrogen-bond donors (Lipinski definition) is 0. The first-order chi connectivity index (χ1) is 35.5.